The van der Waals surface area contributed by atoms with Gasteiger partial charge >= 0.3 is 0 Å². The molecule has 2 rings (SSSR count). The molecule has 27 heavy (non-hydrogen) atoms. The zero-order valence-corrected chi connectivity index (χ0v) is 16.4. The van der Waals surface area contributed by atoms with Crippen LogP contribution < -0.4 is 19.7 Å². The summed E-state index contributed by atoms with van der Waals surface area (Å²) in [4.78, 5) is 25.8. The van der Waals surface area contributed by atoms with Gasteiger partial charge in [-0.3, -0.25) is 9.59 Å². The molecule has 2 aromatic rings. The van der Waals surface area contributed by atoms with Crippen LogP contribution in [0.1, 0.15) is 18.9 Å². The Morgan fingerprint density at radius 2 is 1.85 bits per heavy atom. The van der Waals surface area contributed by atoms with Gasteiger partial charge < -0.3 is 19.7 Å². The van der Waals surface area contributed by atoms with Crippen LogP contribution in [0.3, 0.4) is 0 Å². The minimum Gasteiger partial charge on any atom is -0.497 e. The standard InChI is InChI=1S/C20H23ClN2O4/c1-14(24)23(18-9-8-16(26-2)12-19(18)27-3)11-10-20(25)22-13-15-6-4-5-7-17(15)21/h4-9,12H,10-11,13H2,1-3H3,(H,22,25). The molecule has 0 bridgehead atoms. The molecule has 0 saturated heterocycles. The van der Waals surface area contributed by atoms with Crippen LogP contribution in [0.25, 0.3) is 0 Å². The largest absolute Gasteiger partial charge is 0.497 e. The molecule has 2 amide bonds. The second kappa shape index (κ2) is 9.83. The van der Waals surface area contributed by atoms with Crippen molar-refractivity contribution in [3.8, 4) is 11.5 Å². The molecule has 0 heterocycles. The number of hydrogen-bond acceptors (Lipinski definition) is 4. The van der Waals surface area contributed by atoms with Gasteiger partial charge in [-0.1, -0.05) is 29.8 Å². The SMILES string of the molecule is COc1ccc(N(CCC(=O)NCc2ccccc2Cl)C(C)=O)c(OC)c1. The van der Waals surface area contributed by atoms with Crippen LogP contribution >= 0.6 is 11.6 Å². The zero-order chi connectivity index (χ0) is 19.8. The molecular weight excluding hydrogens is 368 g/mol. The molecule has 0 saturated carbocycles. The number of amides is 2. The lowest BCUT2D eigenvalue weighted by Gasteiger charge is -2.23. The van der Waals surface area contributed by atoms with Gasteiger partial charge in [0.1, 0.15) is 11.5 Å². The monoisotopic (exact) mass is 390 g/mol. The molecule has 0 aliphatic heterocycles. The first-order valence-electron chi connectivity index (χ1n) is 8.46. The summed E-state index contributed by atoms with van der Waals surface area (Å²) in [6.07, 6.45) is 0.152. The Balaban J connectivity index is 2.01. The first-order valence-corrected chi connectivity index (χ1v) is 8.84. The fourth-order valence-corrected chi connectivity index (χ4v) is 2.80. The van der Waals surface area contributed by atoms with Crippen LogP contribution in [0.15, 0.2) is 42.5 Å². The van der Waals surface area contributed by atoms with Crippen molar-refractivity contribution in [3.63, 3.8) is 0 Å². The minimum absolute atomic E-state index is 0.152. The number of halogens is 1. The van der Waals surface area contributed by atoms with E-state index in [1.165, 1.54) is 18.9 Å². The van der Waals surface area contributed by atoms with Crippen molar-refractivity contribution in [1.82, 2.24) is 5.32 Å². The summed E-state index contributed by atoms with van der Waals surface area (Å²) in [5.74, 6) is 0.767. The zero-order valence-electron chi connectivity index (χ0n) is 15.6. The molecule has 2 aromatic carbocycles. The fraction of sp³-hybridized carbons (Fsp3) is 0.300. The van der Waals surface area contributed by atoms with Crippen molar-refractivity contribution in [1.29, 1.82) is 0 Å². The van der Waals surface area contributed by atoms with Gasteiger partial charge in [-0.05, 0) is 23.8 Å². The van der Waals surface area contributed by atoms with E-state index in [2.05, 4.69) is 5.32 Å². The van der Waals surface area contributed by atoms with Crippen molar-refractivity contribution < 1.29 is 19.1 Å². The smallest absolute Gasteiger partial charge is 0.223 e. The second-order valence-corrected chi connectivity index (χ2v) is 6.23. The third-order valence-corrected chi connectivity index (χ3v) is 4.42. The summed E-state index contributed by atoms with van der Waals surface area (Å²) >= 11 is 6.09. The molecule has 0 unspecified atom stereocenters. The highest BCUT2D eigenvalue weighted by atomic mass is 35.5. The molecule has 0 aliphatic carbocycles. The van der Waals surface area contributed by atoms with E-state index in [0.717, 1.165) is 5.56 Å². The van der Waals surface area contributed by atoms with E-state index < -0.39 is 0 Å². The van der Waals surface area contributed by atoms with Gasteiger partial charge in [-0.15, -0.1) is 0 Å². The number of carbonyl (C=O) groups excluding carboxylic acids is 2. The summed E-state index contributed by atoms with van der Waals surface area (Å²) in [5.41, 5.74) is 1.43. The molecule has 0 aliphatic rings. The number of ether oxygens (including phenoxy) is 2. The molecule has 6 nitrogen and oxygen atoms in total. The summed E-state index contributed by atoms with van der Waals surface area (Å²) in [7, 11) is 3.08. The average molecular weight is 391 g/mol. The Kier molecular flexibility index (Phi) is 7.49. The number of hydrogen-bond donors (Lipinski definition) is 1. The highest BCUT2D eigenvalue weighted by Gasteiger charge is 2.18. The summed E-state index contributed by atoms with van der Waals surface area (Å²) in [6, 6.07) is 12.5. The van der Waals surface area contributed by atoms with Crippen LogP contribution in [-0.2, 0) is 16.1 Å². The van der Waals surface area contributed by atoms with E-state index in [4.69, 9.17) is 21.1 Å². The number of anilines is 1. The molecule has 0 atom stereocenters. The van der Waals surface area contributed by atoms with Crippen LogP contribution in [0, 0.1) is 0 Å². The molecule has 0 aromatic heterocycles. The van der Waals surface area contributed by atoms with E-state index in [9.17, 15) is 9.59 Å². The van der Waals surface area contributed by atoms with Gasteiger partial charge in [0.25, 0.3) is 0 Å². The number of benzene rings is 2. The van der Waals surface area contributed by atoms with E-state index >= 15 is 0 Å². The van der Waals surface area contributed by atoms with Crippen LogP contribution in [0.5, 0.6) is 11.5 Å². The Morgan fingerprint density at radius 1 is 1.11 bits per heavy atom. The second-order valence-electron chi connectivity index (χ2n) is 5.83. The Hall–Kier alpha value is -2.73. The quantitative estimate of drug-likeness (QED) is 0.750. The maximum Gasteiger partial charge on any atom is 0.223 e. The highest BCUT2D eigenvalue weighted by molar-refractivity contribution is 6.31. The van der Waals surface area contributed by atoms with Gasteiger partial charge in [0.15, 0.2) is 0 Å². The number of nitrogens with one attached hydrogen (secondary N) is 1. The predicted molar refractivity (Wildman–Crippen MR) is 105 cm³/mol. The maximum atomic E-state index is 12.2. The Morgan fingerprint density at radius 3 is 2.48 bits per heavy atom. The summed E-state index contributed by atoms with van der Waals surface area (Å²) in [5, 5.41) is 3.42. The minimum atomic E-state index is -0.183. The van der Waals surface area contributed by atoms with Crippen molar-refractivity contribution >= 4 is 29.1 Å². The molecule has 1 N–H and O–H groups in total. The Labute approximate surface area is 164 Å². The lowest BCUT2D eigenvalue weighted by molar-refractivity contribution is -0.121. The van der Waals surface area contributed by atoms with Gasteiger partial charge in [-0.25, -0.2) is 0 Å². The van der Waals surface area contributed by atoms with Gasteiger partial charge in [0.05, 0.1) is 19.9 Å². The molecule has 0 spiro atoms. The molecule has 0 radical (unpaired) electrons. The first kappa shape index (κ1) is 20.6. The normalized spacial score (nSPS) is 10.2. The molecule has 0 fully saturated rings. The fourth-order valence-electron chi connectivity index (χ4n) is 2.59. The third kappa shape index (κ3) is 5.62. The van der Waals surface area contributed by atoms with Crippen molar-refractivity contribution in [2.45, 2.75) is 19.9 Å². The van der Waals surface area contributed by atoms with E-state index in [1.54, 1.807) is 31.4 Å². The van der Waals surface area contributed by atoms with Gasteiger partial charge in [0, 0.05) is 37.5 Å². The molecule has 7 heteroatoms. The molecule has 144 valence electrons. The highest BCUT2D eigenvalue weighted by Crippen LogP contribution is 2.32. The number of nitrogens with zero attached hydrogens (tertiary/aromatic N) is 1. The third-order valence-electron chi connectivity index (χ3n) is 4.05. The summed E-state index contributed by atoms with van der Waals surface area (Å²) in [6.45, 7) is 2.02. The Bertz CT molecular complexity index is 810. The van der Waals surface area contributed by atoms with Crippen molar-refractivity contribution in [2.75, 3.05) is 25.7 Å². The number of methoxy groups -OCH3 is 2. The van der Waals surface area contributed by atoms with Crippen LogP contribution in [0.4, 0.5) is 5.69 Å². The van der Waals surface area contributed by atoms with E-state index in [1.807, 2.05) is 18.2 Å². The van der Waals surface area contributed by atoms with E-state index in [-0.39, 0.29) is 24.8 Å². The average Bonchev–Trinajstić information content (AvgIpc) is 2.67. The topological polar surface area (TPSA) is 67.9 Å². The van der Waals surface area contributed by atoms with Crippen molar-refractivity contribution in [2.24, 2.45) is 0 Å². The lowest BCUT2D eigenvalue weighted by Crippen LogP contribution is -2.34. The summed E-state index contributed by atoms with van der Waals surface area (Å²) < 4.78 is 10.5. The van der Waals surface area contributed by atoms with Gasteiger partial charge in [0.2, 0.25) is 11.8 Å². The first-order chi connectivity index (χ1) is 13.0. The molecular formula is C20H23ClN2O4. The predicted octanol–water partition coefficient (Wildman–Crippen LogP) is 3.42. The van der Waals surface area contributed by atoms with Crippen molar-refractivity contribution in [3.05, 3.63) is 53.1 Å². The maximum absolute atomic E-state index is 12.2. The van der Waals surface area contributed by atoms with Crippen LogP contribution in [-0.4, -0.2) is 32.6 Å². The van der Waals surface area contributed by atoms with Gasteiger partial charge in [-0.2, -0.15) is 0 Å². The number of carbonyl (C=O) groups is 2. The lowest BCUT2D eigenvalue weighted by atomic mass is 10.2. The number of rotatable bonds is 8. The van der Waals surface area contributed by atoms with E-state index in [0.29, 0.717) is 28.8 Å². The van der Waals surface area contributed by atoms with Crippen LogP contribution in [0.2, 0.25) is 5.02 Å².